The molecule has 1 aromatic carbocycles. The zero-order chi connectivity index (χ0) is 12.8. The van der Waals surface area contributed by atoms with E-state index in [1.54, 1.807) is 4.90 Å². The lowest BCUT2D eigenvalue weighted by molar-refractivity contribution is -0.129. The molecule has 0 aliphatic carbocycles. The number of thiol groups is 1. The minimum atomic E-state index is 0.170. The highest BCUT2D eigenvalue weighted by molar-refractivity contribution is 7.80. The van der Waals surface area contributed by atoms with Crippen LogP contribution < -0.4 is 0 Å². The molecule has 0 saturated carbocycles. The van der Waals surface area contributed by atoms with Crippen LogP contribution in [0.5, 0.6) is 0 Å². The predicted octanol–water partition coefficient (Wildman–Crippen LogP) is 2.62. The monoisotopic (exact) mass is 251 g/mol. The third kappa shape index (κ3) is 4.43. The summed E-state index contributed by atoms with van der Waals surface area (Å²) in [5.41, 5.74) is 3.92. The maximum Gasteiger partial charge on any atom is 0.223 e. The average molecular weight is 251 g/mol. The van der Waals surface area contributed by atoms with Crippen molar-refractivity contribution in [2.75, 3.05) is 19.3 Å². The van der Waals surface area contributed by atoms with Crippen LogP contribution >= 0.6 is 12.6 Å². The van der Waals surface area contributed by atoms with Crippen LogP contribution in [0.25, 0.3) is 0 Å². The average Bonchev–Trinajstić information content (AvgIpc) is 2.30. The second-order valence-corrected chi connectivity index (χ2v) is 4.90. The van der Waals surface area contributed by atoms with Gasteiger partial charge in [-0.2, -0.15) is 12.6 Å². The molecule has 1 rings (SSSR count). The number of amides is 1. The summed E-state index contributed by atoms with van der Waals surface area (Å²) in [7, 11) is 1.85. The van der Waals surface area contributed by atoms with Gasteiger partial charge in [-0.15, -0.1) is 0 Å². The van der Waals surface area contributed by atoms with Crippen molar-refractivity contribution in [2.24, 2.45) is 0 Å². The lowest BCUT2D eigenvalue weighted by Crippen LogP contribution is -2.28. The van der Waals surface area contributed by atoms with Crippen molar-refractivity contribution in [1.29, 1.82) is 0 Å². The molecule has 3 heteroatoms. The van der Waals surface area contributed by atoms with E-state index in [1.165, 1.54) is 16.7 Å². The Morgan fingerprint density at radius 3 is 2.59 bits per heavy atom. The van der Waals surface area contributed by atoms with Gasteiger partial charge in [0.1, 0.15) is 0 Å². The van der Waals surface area contributed by atoms with E-state index in [0.717, 1.165) is 13.0 Å². The van der Waals surface area contributed by atoms with Gasteiger partial charge in [-0.05, 0) is 42.7 Å². The SMILES string of the molecule is Cc1ccc(CCN(C)C(=O)CCS)cc1C. The number of carbonyl (C=O) groups excluding carboxylic acids is 1. The second kappa shape index (κ2) is 6.70. The minimum Gasteiger partial charge on any atom is -0.345 e. The largest absolute Gasteiger partial charge is 0.345 e. The highest BCUT2D eigenvalue weighted by Crippen LogP contribution is 2.10. The molecular weight excluding hydrogens is 230 g/mol. The summed E-state index contributed by atoms with van der Waals surface area (Å²) < 4.78 is 0. The first-order valence-electron chi connectivity index (χ1n) is 5.95. The van der Waals surface area contributed by atoms with Crippen molar-refractivity contribution in [2.45, 2.75) is 26.7 Å². The molecule has 1 aromatic rings. The van der Waals surface area contributed by atoms with Crippen molar-refractivity contribution >= 4 is 18.5 Å². The number of likely N-dealkylation sites (N-methyl/N-ethyl adjacent to an activating group) is 1. The van der Waals surface area contributed by atoms with Crippen LogP contribution in [0.3, 0.4) is 0 Å². The summed E-state index contributed by atoms with van der Waals surface area (Å²) in [6.07, 6.45) is 1.43. The lowest BCUT2D eigenvalue weighted by Gasteiger charge is -2.17. The van der Waals surface area contributed by atoms with Gasteiger partial charge in [-0.25, -0.2) is 0 Å². The summed E-state index contributed by atoms with van der Waals surface area (Å²) in [4.78, 5) is 13.3. The third-order valence-corrected chi connectivity index (χ3v) is 3.28. The van der Waals surface area contributed by atoms with Crippen LogP contribution in [0.4, 0.5) is 0 Å². The number of hydrogen-bond acceptors (Lipinski definition) is 2. The first-order valence-corrected chi connectivity index (χ1v) is 6.58. The van der Waals surface area contributed by atoms with Gasteiger partial charge in [0.05, 0.1) is 0 Å². The van der Waals surface area contributed by atoms with Gasteiger partial charge >= 0.3 is 0 Å². The number of rotatable bonds is 5. The van der Waals surface area contributed by atoms with Gasteiger partial charge in [0, 0.05) is 20.0 Å². The Morgan fingerprint density at radius 2 is 2.00 bits per heavy atom. The molecule has 94 valence electrons. The van der Waals surface area contributed by atoms with Crippen molar-refractivity contribution in [3.8, 4) is 0 Å². The van der Waals surface area contributed by atoms with Crippen LogP contribution in [-0.4, -0.2) is 30.2 Å². The number of benzene rings is 1. The summed E-state index contributed by atoms with van der Waals surface area (Å²) in [6, 6.07) is 6.48. The molecule has 0 saturated heterocycles. The van der Waals surface area contributed by atoms with E-state index in [0.29, 0.717) is 12.2 Å². The molecule has 0 unspecified atom stereocenters. The zero-order valence-corrected chi connectivity index (χ0v) is 11.8. The molecule has 0 aliphatic rings. The van der Waals surface area contributed by atoms with Gasteiger partial charge in [-0.3, -0.25) is 4.79 Å². The van der Waals surface area contributed by atoms with Crippen molar-refractivity contribution in [1.82, 2.24) is 4.90 Å². The van der Waals surface area contributed by atoms with E-state index in [1.807, 2.05) is 7.05 Å². The Labute approximate surface area is 109 Å². The minimum absolute atomic E-state index is 0.170. The van der Waals surface area contributed by atoms with Gasteiger partial charge in [0.2, 0.25) is 5.91 Å². The Kier molecular flexibility index (Phi) is 5.56. The molecule has 0 N–H and O–H groups in total. The molecule has 0 spiro atoms. The van der Waals surface area contributed by atoms with Gasteiger partial charge in [0.25, 0.3) is 0 Å². The number of hydrogen-bond donors (Lipinski definition) is 1. The fraction of sp³-hybridized carbons (Fsp3) is 0.500. The van der Waals surface area contributed by atoms with E-state index in [2.05, 4.69) is 44.7 Å². The molecule has 1 amide bonds. The van der Waals surface area contributed by atoms with Crippen LogP contribution in [0.1, 0.15) is 23.1 Å². The first kappa shape index (κ1) is 14.1. The number of aryl methyl sites for hydroxylation is 2. The third-order valence-electron chi connectivity index (χ3n) is 3.06. The quantitative estimate of drug-likeness (QED) is 0.798. The molecule has 17 heavy (non-hydrogen) atoms. The molecular formula is C14H21NOS. The van der Waals surface area contributed by atoms with Crippen molar-refractivity contribution in [3.63, 3.8) is 0 Å². The molecule has 0 fully saturated rings. The number of carbonyl (C=O) groups is 1. The summed E-state index contributed by atoms with van der Waals surface area (Å²) in [5, 5.41) is 0. The molecule has 0 heterocycles. The van der Waals surface area contributed by atoms with Crippen LogP contribution in [-0.2, 0) is 11.2 Å². The summed E-state index contributed by atoms with van der Waals surface area (Å²) >= 11 is 4.07. The lowest BCUT2D eigenvalue weighted by atomic mass is 10.0. The smallest absolute Gasteiger partial charge is 0.223 e. The summed E-state index contributed by atoms with van der Waals surface area (Å²) in [6.45, 7) is 5.01. The van der Waals surface area contributed by atoms with E-state index in [9.17, 15) is 4.79 Å². The van der Waals surface area contributed by atoms with Gasteiger partial charge in [0.15, 0.2) is 0 Å². The maximum atomic E-state index is 11.6. The highest BCUT2D eigenvalue weighted by Gasteiger charge is 2.07. The molecule has 0 aromatic heterocycles. The second-order valence-electron chi connectivity index (χ2n) is 4.46. The fourth-order valence-electron chi connectivity index (χ4n) is 1.67. The Morgan fingerprint density at radius 1 is 1.29 bits per heavy atom. The van der Waals surface area contributed by atoms with Gasteiger partial charge < -0.3 is 4.90 Å². The van der Waals surface area contributed by atoms with E-state index in [4.69, 9.17) is 0 Å². The Balaban J connectivity index is 2.50. The standard InChI is InChI=1S/C14H21NOS/c1-11-4-5-13(10-12(11)2)6-8-15(3)14(16)7-9-17/h4-5,10,17H,6-9H2,1-3H3. The number of nitrogens with zero attached hydrogens (tertiary/aromatic N) is 1. The van der Waals surface area contributed by atoms with E-state index >= 15 is 0 Å². The zero-order valence-electron chi connectivity index (χ0n) is 10.9. The van der Waals surface area contributed by atoms with Crippen LogP contribution in [0.15, 0.2) is 18.2 Å². The van der Waals surface area contributed by atoms with Crippen molar-refractivity contribution < 1.29 is 4.79 Å². The molecule has 0 aliphatic heterocycles. The van der Waals surface area contributed by atoms with Crippen LogP contribution in [0, 0.1) is 13.8 Å². The predicted molar refractivity (Wildman–Crippen MR) is 75.7 cm³/mol. The fourth-order valence-corrected chi connectivity index (χ4v) is 1.86. The Hall–Kier alpha value is -0.960. The molecule has 0 radical (unpaired) electrons. The summed E-state index contributed by atoms with van der Waals surface area (Å²) in [5.74, 6) is 0.788. The Bertz CT molecular complexity index is 390. The normalized spacial score (nSPS) is 10.4. The van der Waals surface area contributed by atoms with Gasteiger partial charge in [-0.1, -0.05) is 18.2 Å². The molecule has 0 bridgehead atoms. The maximum absolute atomic E-state index is 11.6. The van der Waals surface area contributed by atoms with E-state index < -0.39 is 0 Å². The molecule has 0 atom stereocenters. The first-order chi connectivity index (χ1) is 8.04. The highest BCUT2D eigenvalue weighted by atomic mass is 32.1. The van der Waals surface area contributed by atoms with E-state index in [-0.39, 0.29) is 5.91 Å². The van der Waals surface area contributed by atoms with Crippen LogP contribution in [0.2, 0.25) is 0 Å². The molecule has 2 nitrogen and oxygen atoms in total. The van der Waals surface area contributed by atoms with Crippen molar-refractivity contribution in [3.05, 3.63) is 34.9 Å². The topological polar surface area (TPSA) is 20.3 Å².